The van der Waals surface area contributed by atoms with Crippen LogP contribution in [0.5, 0.6) is 0 Å². The zero-order valence-electron chi connectivity index (χ0n) is 10.4. The summed E-state index contributed by atoms with van der Waals surface area (Å²) in [6.07, 6.45) is -5.70. The summed E-state index contributed by atoms with van der Waals surface area (Å²) in [5.74, 6) is -2.28. The molecule has 6 heteroatoms. The average molecular weight is 274 g/mol. The lowest BCUT2D eigenvalue weighted by atomic mass is 9.93. The van der Waals surface area contributed by atoms with Crippen molar-refractivity contribution in [2.75, 3.05) is 0 Å². The Kier molecular flexibility index (Phi) is 4.34. The molecule has 0 saturated heterocycles. The molecule has 0 radical (unpaired) electrons. The molecule has 1 N–H and O–H groups in total. The van der Waals surface area contributed by atoms with Gasteiger partial charge in [-0.15, -0.1) is 0 Å². The van der Waals surface area contributed by atoms with Gasteiger partial charge in [0.05, 0.1) is 12.0 Å². The van der Waals surface area contributed by atoms with Crippen LogP contribution in [-0.4, -0.2) is 23.0 Å². The molecule has 1 rings (SSSR count). The van der Waals surface area contributed by atoms with E-state index < -0.39 is 30.3 Å². The minimum atomic E-state index is -4.45. The molecule has 1 aromatic rings. The third-order valence-electron chi connectivity index (χ3n) is 2.54. The Hall–Kier alpha value is -1.85. The molecule has 0 atom stereocenters. The van der Waals surface area contributed by atoms with Gasteiger partial charge >= 0.3 is 12.1 Å². The summed E-state index contributed by atoms with van der Waals surface area (Å²) in [4.78, 5) is 22.7. The minimum absolute atomic E-state index is 0.174. The fraction of sp³-hybridized carbons (Fsp3) is 0.385. The first kappa shape index (κ1) is 15.2. The SMILES string of the molecule is CC(C)C(=O)c1cc(C(=O)O)ccc1CC(F)(F)F. The van der Waals surface area contributed by atoms with E-state index in [0.717, 1.165) is 18.2 Å². The number of ketones is 1. The number of hydrogen-bond donors (Lipinski definition) is 1. The lowest BCUT2D eigenvalue weighted by Crippen LogP contribution is -2.18. The Balaban J connectivity index is 3.30. The highest BCUT2D eigenvalue weighted by atomic mass is 19.4. The van der Waals surface area contributed by atoms with Crippen molar-refractivity contribution in [3.8, 4) is 0 Å². The molecule has 0 saturated carbocycles. The summed E-state index contributed by atoms with van der Waals surface area (Å²) < 4.78 is 37.3. The van der Waals surface area contributed by atoms with Gasteiger partial charge in [0.2, 0.25) is 0 Å². The van der Waals surface area contributed by atoms with E-state index in [1.54, 1.807) is 13.8 Å². The molecular formula is C13H13F3O3. The summed E-state index contributed by atoms with van der Waals surface area (Å²) in [6.45, 7) is 3.10. The Bertz CT molecular complexity index is 504. The first-order valence-electron chi connectivity index (χ1n) is 5.59. The van der Waals surface area contributed by atoms with Crippen molar-refractivity contribution in [2.45, 2.75) is 26.4 Å². The van der Waals surface area contributed by atoms with Crippen molar-refractivity contribution >= 4 is 11.8 Å². The molecule has 0 unspecified atom stereocenters. The smallest absolute Gasteiger partial charge is 0.393 e. The third-order valence-corrected chi connectivity index (χ3v) is 2.54. The maximum absolute atomic E-state index is 12.4. The monoisotopic (exact) mass is 274 g/mol. The van der Waals surface area contributed by atoms with Crippen LogP contribution in [-0.2, 0) is 6.42 Å². The maximum atomic E-state index is 12.4. The highest BCUT2D eigenvalue weighted by Gasteiger charge is 2.30. The normalized spacial score (nSPS) is 11.7. The lowest BCUT2D eigenvalue weighted by molar-refractivity contribution is -0.127. The van der Waals surface area contributed by atoms with Crippen LogP contribution in [0.15, 0.2) is 18.2 Å². The van der Waals surface area contributed by atoms with Crippen molar-refractivity contribution in [1.82, 2.24) is 0 Å². The first-order valence-corrected chi connectivity index (χ1v) is 5.59. The van der Waals surface area contributed by atoms with Gasteiger partial charge in [-0.3, -0.25) is 4.79 Å². The topological polar surface area (TPSA) is 54.4 Å². The van der Waals surface area contributed by atoms with Crippen LogP contribution in [0.1, 0.15) is 40.1 Å². The number of carbonyl (C=O) groups excluding carboxylic acids is 1. The second kappa shape index (κ2) is 5.42. The van der Waals surface area contributed by atoms with E-state index in [4.69, 9.17) is 5.11 Å². The summed E-state index contributed by atoms with van der Waals surface area (Å²) in [7, 11) is 0. The van der Waals surface area contributed by atoms with E-state index in [1.807, 2.05) is 0 Å². The number of hydrogen-bond acceptors (Lipinski definition) is 2. The second-order valence-electron chi connectivity index (χ2n) is 4.49. The predicted molar refractivity (Wildman–Crippen MR) is 62.3 cm³/mol. The molecule has 0 amide bonds. The van der Waals surface area contributed by atoms with Gasteiger partial charge < -0.3 is 5.11 Å². The standard InChI is InChI=1S/C13H13F3O3/c1-7(2)11(17)10-5-8(12(18)19)3-4-9(10)6-13(14,15)16/h3-5,7H,6H2,1-2H3,(H,18,19). The van der Waals surface area contributed by atoms with E-state index in [9.17, 15) is 22.8 Å². The summed E-state index contributed by atoms with van der Waals surface area (Å²) in [5, 5.41) is 8.82. The fourth-order valence-corrected chi connectivity index (χ4v) is 1.62. The maximum Gasteiger partial charge on any atom is 0.393 e. The number of alkyl halides is 3. The van der Waals surface area contributed by atoms with Crippen LogP contribution in [0.2, 0.25) is 0 Å². The highest BCUT2D eigenvalue weighted by molar-refractivity contribution is 6.01. The van der Waals surface area contributed by atoms with Crippen LogP contribution in [0.25, 0.3) is 0 Å². The van der Waals surface area contributed by atoms with Gasteiger partial charge in [-0.1, -0.05) is 19.9 Å². The van der Waals surface area contributed by atoms with Crippen LogP contribution < -0.4 is 0 Å². The van der Waals surface area contributed by atoms with Crippen molar-refractivity contribution in [1.29, 1.82) is 0 Å². The Morgan fingerprint density at radius 2 is 1.84 bits per heavy atom. The number of carboxylic acids is 1. The first-order chi connectivity index (χ1) is 8.61. The largest absolute Gasteiger partial charge is 0.478 e. The van der Waals surface area contributed by atoms with Gasteiger partial charge in [0.15, 0.2) is 5.78 Å². The molecule has 0 bridgehead atoms. The number of rotatable bonds is 4. The minimum Gasteiger partial charge on any atom is -0.478 e. The molecule has 3 nitrogen and oxygen atoms in total. The molecule has 0 aliphatic carbocycles. The van der Waals surface area contributed by atoms with Gasteiger partial charge in [0.1, 0.15) is 0 Å². The number of benzene rings is 1. The van der Waals surface area contributed by atoms with Crippen molar-refractivity contribution in [3.05, 3.63) is 34.9 Å². The third kappa shape index (κ3) is 4.08. The number of carbonyl (C=O) groups is 2. The number of Topliss-reactive ketones (excluding diaryl/α,β-unsaturated/α-hetero) is 1. The van der Waals surface area contributed by atoms with Gasteiger partial charge in [-0.25, -0.2) is 4.79 Å². The average Bonchev–Trinajstić information content (AvgIpc) is 2.26. The summed E-state index contributed by atoms with van der Waals surface area (Å²) >= 11 is 0. The van der Waals surface area contributed by atoms with Crippen LogP contribution in [0.4, 0.5) is 13.2 Å². The van der Waals surface area contributed by atoms with E-state index in [-0.39, 0.29) is 16.7 Å². The molecule has 104 valence electrons. The molecule has 0 spiro atoms. The van der Waals surface area contributed by atoms with Crippen LogP contribution in [0, 0.1) is 5.92 Å². The highest BCUT2D eigenvalue weighted by Crippen LogP contribution is 2.25. The van der Waals surface area contributed by atoms with Gasteiger partial charge in [0, 0.05) is 11.5 Å². The molecule has 0 aromatic heterocycles. The zero-order chi connectivity index (χ0) is 14.8. The molecular weight excluding hydrogens is 261 g/mol. The van der Waals surface area contributed by atoms with Crippen LogP contribution in [0.3, 0.4) is 0 Å². The van der Waals surface area contributed by atoms with Crippen molar-refractivity contribution < 1.29 is 27.9 Å². The molecule has 0 heterocycles. The summed E-state index contributed by atoms with van der Waals surface area (Å²) in [5.41, 5.74) is -0.571. The fourth-order valence-electron chi connectivity index (χ4n) is 1.62. The van der Waals surface area contributed by atoms with Gasteiger partial charge in [-0.2, -0.15) is 13.2 Å². The molecule has 0 fully saturated rings. The lowest BCUT2D eigenvalue weighted by Gasteiger charge is -2.13. The van der Waals surface area contributed by atoms with Gasteiger partial charge in [-0.05, 0) is 17.7 Å². The Morgan fingerprint density at radius 1 is 1.26 bits per heavy atom. The van der Waals surface area contributed by atoms with Crippen molar-refractivity contribution in [3.63, 3.8) is 0 Å². The van der Waals surface area contributed by atoms with E-state index >= 15 is 0 Å². The predicted octanol–water partition coefficient (Wildman–Crippen LogP) is 3.33. The Labute approximate surface area is 108 Å². The van der Waals surface area contributed by atoms with Crippen molar-refractivity contribution in [2.24, 2.45) is 5.92 Å². The number of aromatic carboxylic acids is 1. The van der Waals surface area contributed by atoms with E-state index in [1.165, 1.54) is 0 Å². The summed E-state index contributed by atoms with van der Waals surface area (Å²) in [6, 6.07) is 3.12. The van der Waals surface area contributed by atoms with Gasteiger partial charge in [0.25, 0.3) is 0 Å². The second-order valence-corrected chi connectivity index (χ2v) is 4.49. The van der Waals surface area contributed by atoms with E-state index in [2.05, 4.69) is 0 Å². The quantitative estimate of drug-likeness (QED) is 0.857. The molecule has 1 aromatic carbocycles. The number of halogens is 3. The molecule has 0 aliphatic rings. The molecule has 0 aliphatic heterocycles. The zero-order valence-corrected chi connectivity index (χ0v) is 10.4. The van der Waals surface area contributed by atoms with Crippen LogP contribution >= 0.6 is 0 Å². The Morgan fingerprint density at radius 3 is 2.26 bits per heavy atom. The number of carboxylic acid groups (broad SMARTS) is 1. The molecule has 19 heavy (non-hydrogen) atoms. The van der Waals surface area contributed by atoms with E-state index in [0.29, 0.717) is 0 Å².